The van der Waals surface area contributed by atoms with Gasteiger partial charge in [0.1, 0.15) is 0 Å². The van der Waals surface area contributed by atoms with Crippen LogP contribution in [0.25, 0.3) is 11.1 Å². The molecule has 2 heterocycles. The topological polar surface area (TPSA) is 83.9 Å². The van der Waals surface area contributed by atoms with E-state index in [2.05, 4.69) is 20.9 Å². The molecule has 162 valence electrons. The summed E-state index contributed by atoms with van der Waals surface area (Å²) in [5, 5.41) is 8.57. The van der Waals surface area contributed by atoms with E-state index in [0.29, 0.717) is 6.54 Å². The monoisotopic (exact) mass is 440 g/mol. The Morgan fingerprint density at radius 2 is 1.69 bits per heavy atom. The molecular formula is C22H17F3N5O2+. The zero-order valence-corrected chi connectivity index (χ0v) is 16.5. The number of pyridine rings is 1. The first-order chi connectivity index (χ1) is 15.4. The van der Waals surface area contributed by atoms with Crippen molar-refractivity contribution in [2.75, 3.05) is 10.6 Å². The largest absolute Gasteiger partial charge is 0.416 e. The molecule has 2 aromatic carbocycles. The molecule has 10 heteroatoms. The molecule has 4 aromatic rings. The normalized spacial score (nSPS) is 11.2. The zero-order chi connectivity index (χ0) is 22.6. The van der Waals surface area contributed by atoms with Crippen molar-refractivity contribution in [2.45, 2.75) is 12.7 Å². The second-order valence-corrected chi connectivity index (χ2v) is 6.85. The van der Waals surface area contributed by atoms with Crippen molar-refractivity contribution in [3.63, 3.8) is 0 Å². The van der Waals surface area contributed by atoms with Crippen molar-refractivity contribution in [2.24, 2.45) is 0 Å². The van der Waals surface area contributed by atoms with Gasteiger partial charge in [0.2, 0.25) is 11.8 Å². The van der Waals surface area contributed by atoms with Crippen LogP contribution in [-0.4, -0.2) is 16.3 Å². The van der Waals surface area contributed by atoms with Crippen LogP contribution in [-0.2, 0) is 12.7 Å². The van der Waals surface area contributed by atoms with Crippen molar-refractivity contribution < 1.29 is 27.2 Å². The van der Waals surface area contributed by atoms with E-state index in [-0.39, 0.29) is 11.6 Å². The molecule has 2 aromatic heterocycles. The van der Waals surface area contributed by atoms with Gasteiger partial charge in [-0.15, -0.1) is 0 Å². The lowest BCUT2D eigenvalue weighted by molar-refractivity contribution is -0.754. The van der Waals surface area contributed by atoms with E-state index < -0.39 is 17.8 Å². The summed E-state index contributed by atoms with van der Waals surface area (Å²) < 4.78 is 44.9. The zero-order valence-electron chi connectivity index (χ0n) is 16.5. The van der Waals surface area contributed by atoms with Crippen LogP contribution in [0.1, 0.15) is 11.1 Å². The first kappa shape index (κ1) is 21.0. The van der Waals surface area contributed by atoms with Gasteiger partial charge < -0.3 is 5.32 Å². The Balaban J connectivity index is 1.35. The lowest BCUT2D eigenvalue weighted by Gasteiger charge is -2.09. The minimum Gasteiger partial charge on any atom is -0.308 e. The summed E-state index contributed by atoms with van der Waals surface area (Å²) in [6.07, 6.45) is 0.433. The number of hydrogen-bond donors (Lipinski definition) is 2. The van der Waals surface area contributed by atoms with Crippen LogP contribution in [0.5, 0.6) is 0 Å². The van der Waals surface area contributed by atoms with Crippen LogP contribution in [0.2, 0.25) is 0 Å². The molecule has 0 bridgehead atoms. The molecule has 0 saturated carbocycles. The maximum Gasteiger partial charge on any atom is 0.416 e. The molecule has 0 fully saturated rings. The number of rotatable bonds is 5. The van der Waals surface area contributed by atoms with Crippen LogP contribution < -0.4 is 15.3 Å². The molecule has 0 aliphatic heterocycles. The van der Waals surface area contributed by atoms with E-state index in [1.807, 2.05) is 36.4 Å². The Morgan fingerprint density at radius 3 is 2.41 bits per heavy atom. The summed E-state index contributed by atoms with van der Waals surface area (Å²) in [6.45, 7) is 0.400. The SMILES string of the molecule is O=C(Nc1cccc(C(F)(F)F)c1)Nc1c[n+](Cc2ccc(-c3ccncc3)cc2)no1. The molecule has 32 heavy (non-hydrogen) atoms. The van der Waals surface area contributed by atoms with Gasteiger partial charge in [0.15, 0.2) is 0 Å². The molecule has 2 amide bonds. The Labute approximate surface area is 180 Å². The maximum absolute atomic E-state index is 12.8. The van der Waals surface area contributed by atoms with Crippen molar-refractivity contribution in [3.8, 4) is 11.1 Å². The van der Waals surface area contributed by atoms with E-state index in [1.165, 1.54) is 23.0 Å². The van der Waals surface area contributed by atoms with Gasteiger partial charge in [-0.25, -0.2) is 4.79 Å². The molecule has 0 aliphatic rings. The predicted molar refractivity (Wildman–Crippen MR) is 110 cm³/mol. The first-order valence-corrected chi connectivity index (χ1v) is 9.48. The second-order valence-electron chi connectivity index (χ2n) is 6.85. The van der Waals surface area contributed by atoms with Crippen LogP contribution in [0.3, 0.4) is 0 Å². The minimum atomic E-state index is -4.50. The van der Waals surface area contributed by atoms with Gasteiger partial charge in [-0.1, -0.05) is 30.3 Å². The van der Waals surface area contributed by atoms with Gasteiger partial charge in [0.25, 0.3) is 6.20 Å². The highest BCUT2D eigenvalue weighted by Gasteiger charge is 2.30. The molecule has 0 aliphatic carbocycles. The van der Waals surface area contributed by atoms with Gasteiger partial charge in [0.05, 0.1) is 5.56 Å². The molecule has 0 unspecified atom stereocenters. The number of aromatic nitrogens is 3. The highest BCUT2D eigenvalue weighted by molar-refractivity contribution is 5.98. The van der Waals surface area contributed by atoms with Crippen molar-refractivity contribution in [3.05, 3.63) is 90.4 Å². The molecule has 2 N–H and O–H groups in total. The lowest BCUT2D eigenvalue weighted by atomic mass is 10.1. The fraction of sp³-hybridized carbons (Fsp3) is 0.0909. The van der Waals surface area contributed by atoms with Crippen LogP contribution in [0, 0.1) is 0 Å². The smallest absolute Gasteiger partial charge is 0.308 e. The van der Waals surface area contributed by atoms with Crippen LogP contribution in [0.15, 0.2) is 83.8 Å². The highest BCUT2D eigenvalue weighted by Crippen LogP contribution is 2.30. The number of amides is 2. The summed E-state index contributed by atoms with van der Waals surface area (Å²) in [5.74, 6) is 0.0443. The number of alkyl halides is 3. The van der Waals surface area contributed by atoms with Crippen LogP contribution >= 0.6 is 0 Å². The Bertz CT molecular complexity index is 1210. The summed E-state index contributed by atoms with van der Waals surface area (Å²) in [7, 11) is 0. The predicted octanol–water partition coefficient (Wildman–Crippen LogP) is 4.74. The molecule has 0 atom stereocenters. The molecular weight excluding hydrogens is 423 g/mol. The Kier molecular flexibility index (Phi) is 5.84. The number of nitrogens with zero attached hydrogens (tertiary/aromatic N) is 3. The third-order valence-electron chi connectivity index (χ3n) is 4.51. The molecule has 0 radical (unpaired) electrons. The number of nitrogens with one attached hydrogen (secondary N) is 2. The summed E-state index contributed by atoms with van der Waals surface area (Å²) >= 11 is 0. The van der Waals surface area contributed by atoms with Gasteiger partial charge in [-0.2, -0.15) is 13.2 Å². The number of halogens is 3. The number of hydrogen-bond acceptors (Lipinski definition) is 4. The minimum absolute atomic E-state index is 0.000922. The highest BCUT2D eigenvalue weighted by atomic mass is 19.4. The van der Waals surface area contributed by atoms with Gasteiger partial charge in [0, 0.05) is 23.6 Å². The second kappa shape index (κ2) is 8.88. The number of urea groups is 1. The number of benzene rings is 2. The molecule has 0 saturated heterocycles. The van der Waals surface area contributed by atoms with Gasteiger partial charge in [-0.05, 0) is 46.1 Å². The Morgan fingerprint density at radius 1 is 0.969 bits per heavy atom. The summed E-state index contributed by atoms with van der Waals surface area (Å²) in [6, 6.07) is 15.3. The van der Waals surface area contributed by atoms with E-state index >= 15 is 0 Å². The van der Waals surface area contributed by atoms with Gasteiger partial charge in [-0.3, -0.25) is 14.8 Å². The summed E-state index contributed by atoms with van der Waals surface area (Å²) in [5.41, 5.74) is 2.21. The molecule has 7 nitrogen and oxygen atoms in total. The van der Waals surface area contributed by atoms with Crippen LogP contribution in [0.4, 0.5) is 29.5 Å². The molecule has 4 rings (SSSR count). The van der Waals surface area contributed by atoms with E-state index in [4.69, 9.17) is 4.52 Å². The maximum atomic E-state index is 12.8. The quantitative estimate of drug-likeness (QED) is 0.440. The fourth-order valence-electron chi connectivity index (χ4n) is 2.99. The Hall–Kier alpha value is -4.21. The number of carbonyl (C=O) groups excluding carboxylic acids is 1. The third kappa shape index (κ3) is 5.28. The standard InChI is InChI=1S/C22H16F3N5O2/c23-22(24,25)18-2-1-3-19(12-18)27-21(31)28-20-14-30(29-32-20)13-15-4-6-16(7-5-15)17-8-10-26-11-9-17/h1-12,14H,13H2,(H-,27,28,29,31)/p+1. The average Bonchev–Trinajstić information content (AvgIpc) is 3.21. The van der Waals surface area contributed by atoms with Gasteiger partial charge >= 0.3 is 18.1 Å². The van der Waals surface area contributed by atoms with E-state index in [1.54, 1.807) is 12.4 Å². The fourth-order valence-corrected chi connectivity index (χ4v) is 2.99. The number of carbonyl (C=O) groups is 1. The van der Waals surface area contributed by atoms with Crippen molar-refractivity contribution in [1.82, 2.24) is 10.3 Å². The average molecular weight is 440 g/mol. The van der Waals surface area contributed by atoms with Crippen molar-refractivity contribution >= 4 is 17.6 Å². The number of anilines is 2. The third-order valence-corrected chi connectivity index (χ3v) is 4.51. The van der Waals surface area contributed by atoms with E-state index in [9.17, 15) is 18.0 Å². The lowest BCUT2D eigenvalue weighted by Crippen LogP contribution is -2.35. The first-order valence-electron chi connectivity index (χ1n) is 9.48. The summed E-state index contributed by atoms with van der Waals surface area (Å²) in [4.78, 5) is 16.1. The van der Waals surface area contributed by atoms with E-state index in [0.717, 1.165) is 28.8 Å². The molecule has 0 spiro atoms. The van der Waals surface area contributed by atoms with Crippen molar-refractivity contribution in [1.29, 1.82) is 0 Å².